The molecule has 3 nitrogen and oxygen atoms in total. The average molecular weight is 197 g/mol. The summed E-state index contributed by atoms with van der Waals surface area (Å²) in [7, 11) is 6.73. The summed E-state index contributed by atoms with van der Waals surface area (Å²) in [6, 6.07) is 0.785. The summed E-state index contributed by atoms with van der Waals surface area (Å²) in [5, 5.41) is 3.34. The molecule has 0 amide bonds. The highest BCUT2D eigenvalue weighted by Crippen LogP contribution is 2.36. The van der Waals surface area contributed by atoms with E-state index >= 15 is 0 Å². The van der Waals surface area contributed by atoms with Crippen molar-refractivity contribution >= 4 is 0 Å². The molecule has 0 aromatic heterocycles. The van der Waals surface area contributed by atoms with Crippen molar-refractivity contribution in [2.75, 3.05) is 40.8 Å². The molecule has 0 aromatic rings. The Bertz CT molecular complexity index is 195. The van der Waals surface area contributed by atoms with Gasteiger partial charge in [0, 0.05) is 31.2 Å². The second-order valence-electron chi connectivity index (χ2n) is 5.20. The molecule has 14 heavy (non-hydrogen) atoms. The maximum atomic E-state index is 3.34. The Kier molecular flexibility index (Phi) is 2.82. The number of nitrogens with zero attached hydrogens (tertiary/aromatic N) is 2. The zero-order chi connectivity index (χ0) is 10.2. The second-order valence-corrected chi connectivity index (χ2v) is 5.20. The maximum absolute atomic E-state index is 3.34. The summed E-state index contributed by atoms with van der Waals surface area (Å²) in [4.78, 5) is 4.97. The molecule has 0 radical (unpaired) electrons. The normalized spacial score (nSPS) is 26.4. The molecular weight excluding hydrogens is 174 g/mol. The first-order chi connectivity index (χ1) is 6.64. The summed E-state index contributed by atoms with van der Waals surface area (Å²) in [6.45, 7) is 3.60. The summed E-state index contributed by atoms with van der Waals surface area (Å²) < 4.78 is 0. The van der Waals surface area contributed by atoms with E-state index < -0.39 is 0 Å². The van der Waals surface area contributed by atoms with E-state index in [-0.39, 0.29) is 0 Å². The number of hydrogen-bond acceptors (Lipinski definition) is 3. The lowest BCUT2D eigenvalue weighted by molar-refractivity contribution is 0.00896. The van der Waals surface area contributed by atoms with Crippen molar-refractivity contribution in [2.45, 2.75) is 30.8 Å². The zero-order valence-electron chi connectivity index (χ0n) is 9.71. The van der Waals surface area contributed by atoms with E-state index in [1.54, 1.807) is 0 Å². The van der Waals surface area contributed by atoms with Crippen LogP contribution < -0.4 is 5.32 Å². The number of likely N-dealkylation sites (N-methyl/N-ethyl adjacent to an activating group) is 2. The minimum absolute atomic E-state index is 0.490. The number of rotatable bonds is 4. The Morgan fingerprint density at radius 1 is 1.21 bits per heavy atom. The van der Waals surface area contributed by atoms with Gasteiger partial charge in [-0.3, -0.25) is 4.90 Å². The highest BCUT2D eigenvalue weighted by atomic mass is 15.3. The quantitative estimate of drug-likeness (QED) is 0.703. The SMILES string of the molecule is CN(CC1(N(C)C)CCC1)C1CNC1. The van der Waals surface area contributed by atoms with Gasteiger partial charge in [-0.05, 0) is 40.4 Å². The van der Waals surface area contributed by atoms with E-state index in [2.05, 4.69) is 36.3 Å². The molecule has 0 atom stereocenters. The predicted octanol–water partition coefficient (Wildman–Crippen LogP) is 0.374. The lowest BCUT2D eigenvalue weighted by atomic mass is 9.75. The minimum Gasteiger partial charge on any atom is -0.314 e. The molecule has 0 aromatic carbocycles. The molecule has 1 aliphatic heterocycles. The van der Waals surface area contributed by atoms with Crippen molar-refractivity contribution in [2.24, 2.45) is 0 Å². The molecule has 0 bridgehead atoms. The minimum atomic E-state index is 0.490. The van der Waals surface area contributed by atoms with Gasteiger partial charge >= 0.3 is 0 Å². The summed E-state index contributed by atoms with van der Waals surface area (Å²) in [5.74, 6) is 0. The first-order valence-electron chi connectivity index (χ1n) is 5.72. The molecular formula is C11H23N3. The first kappa shape index (κ1) is 10.4. The third-order valence-corrected chi connectivity index (χ3v) is 4.16. The van der Waals surface area contributed by atoms with Gasteiger partial charge in [-0.1, -0.05) is 0 Å². The summed E-state index contributed by atoms with van der Waals surface area (Å²) >= 11 is 0. The van der Waals surface area contributed by atoms with Crippen molar-refractivity contribution < 1.29 is 0 Å². The molecule has 2 aliphatic rings. The third-order valence-electron chi connectivity index (χ3n) is 4.16. The Morgan fingerprint density at radius 2 is 1.86 bits per heavy atom. The van der Waals surface area contributed by atoms with Crippen LogP contribution in [0.4, 0.5) is 0 Å². The van der Waals surface area contributed by atoms with Crippen LogP contribution in [0.5, 0.6) is 0 Å². The Morgan fingerprint density at radius 3 is 2.14 bits per heavy atom. The van der Waals surface area contributed by atoms with Crippen molar-refractivity contribution in [1.82, 2.24) is 15.1 Å². The Labute approximate surface area is 87.4 Å². The smallest absolute Gasteiger partial charge is 0.0343 e. The summed E-state index contributed by atoms with van der Waals surface area (Å²) in [5.41, 5.74) is 0.490. The van der Waals surface area contributed by atoms with E-state index in [1.165, 1.54) is 38.9 Å². The van der Waals surface area contributed by atoms with E-state index in [4.69, 9.17) is 0 Å². The predicted molar refractivity (Wildman–Crippen MR) is 59.6 cm³/mol. The van der Waals surface area contributed by atoms with Crippen LogP contribution in [-0.2, 0) is 0 Å². The fourth-order valence-electron chi connectivity index (χ4n) is 2.51. The topological polar surface area (TPSA) is 18.5 Å². The molecule has 3 heteroatoms. The third kappa shape index (κ3) is 1.69. The van der Waals surface area contributed by atoms with Crippen LogP contribution in [0.1, 0.15) is 19.3 Å². The van der Waals surface area contributed by atoms with E-state index in [1.807, 2.05) is 0 Å². The van der Waals surface area contributed by atoms with Crippen molar-refractivity contribution in [1.29, 1.82) is 0 Å². The van der Waals surface area contributed by atoms with Crippen LogP contribution >= 0.6 is 0 Å². The Balaban J connectivity index is 1.87. The van der Waals surface area contributed by atoms with Gasteiger partial charge in [0.15, 0.2) is 0 Å². The van der Waals surface area contributed by atoms with E-state index in [0.717, 1.165) is 6.04 Å². The number of hydrogen-bond donors (Lipinski definition) is 1. The molecule has 1 saturated carbocycles. The fraction of sp³-hybridized carbons (Fsp3) is 1.00. The van der Waals surface area contributed by atoms with Crippen molar-refractivity contribution in [3.63, 3.8) is 0 Å². The van der Waals surface area contributed by atoms with Crippen LogP contribution in [0.3, 0.4) is 0 Å². The van der Waals surface area contributed by atoms with Gasteiger partial charge in [-0.2, -0.15) is 0 Å². The van der Waals surface area contributed by atoms with Gasteiger partial charge in [0.25, 0.3) is 0 Å². The highest BCUT2D eigenvalue weighted by Gasteiger charge is 2.41. The van der Waals surface area contributed by atoms with Gasteiger partial charge in [-0.25, -0.2) is 0 Å². The van der Waals surface area contributed by atoms with E-state index in [0.29, 0.717) is 5.54 Å². The first-order valence-corrected chi connectivity index (χ1v) is 5.72. The molecule has 1 heterocycles. The fourth-order valence-corrected chi connectivity index (χ4v) is 2.51. The van der Waals surface area contributed by atoms with Gasteiger partial charge in [0.2, 0.25) is 0 Å². The lowest BCUT2D eigenvalue weighted by Gasteiger charge is -2.51. The van der Waals surface area contributed by atoms with Crippen molar-refractivity contribution in [3.8, 4) is 0 Å². The molecule has 0 unspecified atom stereocenters. The van der Waals surface area contributed by atoms with Crippen LogP contribution in [0.2, 0.25) is 0 Å². The molecule has 1 saturated heterocycles. The van der Waals surface area contributed by atoms with Crippen molar-refractivity contribution in [3.05, 3.63) is 0 Å². The molecule has 1 aliphatic carbocycles. The van der Waals surface area contributed by atoms with Crippen LogP contribution in [0, 0.1) is 0 Å². The second kappa shape index (κ2) is 3.80. The standard InChI is InChI=1S/C11H23N3/c1-13(2)11(5-4-6-11)9-14(3)10-7-12-8-10/h10,12H,4-9H2,1-3H3. The van der Waals surface area contributed by atoms with Gasteiger partial charge in [0.05, 0.1) is 0 Å². The Hall–Kier alpha value is -0.120. The van der Waals surface area contributed by atoms with Gasteiger partial charge < -0.3 is 10.2 Å². The van der Waals surface area contributed by atoms with Gasteiger partial charge in [-0.15, -0.1) is 0 Å². The van der Waals surface area contributed by atoms with E-state index in [9.17, 15) is 0 Å². The molecule has 2 fully saturated rings. The highest BCUT2D eigenvalue weighted by molar-refractivity contribution is 4.99. The molecule has 82 valence electrons. The van der Waals surface area contributed by atoms with Gasteiger partial charge in [0.1, 0.15) is 0 Å². The molecule has 2 rings (SSSR count). The van der Waals surface area contributed by atoms with Crippen LogP contribution in [0.15, 0.2) is 0 Å². The lowest BCUT2D eigenvalue weighted by Crippen LogP contribution is -2.63. The monoisotopic (exact) mass is 197 g/mol. The average Bonchev–Trinajstić information content (AvgIpc) is 1.92. The maximum Gasteiger partial charge on any atom is 0.0343 e. The molecule has 1 N–H and O–H groups in total. The van der Waals surface area contributed by atoms with Crippen LogP contribution in [-0.4, -0.2) is 62.2 Å². The number of nitrogens with one attached hydrogen (secondary N) is 1. The summed E-state index contributed by atoms with van der Waals surface area (Å²) in [6.07, 6.45) is 4.17. The largest absolute Gasteiger partial charge is 0.314 e. The van der Waals surface area contributed by atoms with Crippen LogP contribution in [0.25, 0.3) is 0 Å². The molecule has 0 spiro atoms. The zero-order valence-corrected chi connectivity index (χ0v) is 9.71.